The number of nitrogens with zero attached hydrogens (tertiary/aromatic N) is 1. The van der Waals surface area contributed by atoms with Crippen LogP contribution in [0.5, 0.6) is 5.75 Å². The molecule has 0 saturated carbocycles. The average Bonchev–Trinajstić information content (AvgIpc) is 3.04. The molecule has 6 nitrogen and oxygen atoms in total. The molecule has 0 fully saturated rings. The fourth-order valence-corrected chi connectivity index (χ4v) is 4.33. The van der Waals surface area contributed by atoms with Gasteiger partial charge in [-0.15, -0.1) is 0 Å². The zero-order valence-corrected chi connectivity index (χ0v) is 20.5. The van der Waals surface area contributed by atoms with E-state index in [9.17, 15) is 9.59 Å². The number of hydrogen-bond acceptors (Lipinski definition) is 5. The second kappa shape index (κ2) is 9.84. The summed E-state index contributed by atoms with van der Waals surface area (Å²) in [6.07, 6.45) is -1.36. The van der Waals surface area contributed by atoms with Crippen molar-refractivity contribution in [3.63, 3.8) is 0 Å². The SMILES string of the molecule is COc1ccc2cc(C(C)C(=O)OC3N=C(c4ccccc4)c4cc(Cl)ccc4NC3=O)ccc2c1. The monoisotopic (exact) mass is 498 g/mol. The van der Waals surface area contributed by atoms with Gasteiger partial charge in [0.05, 0.1) is 24.4 Å². The van der Waals surface area contributed by atoms with Crippen LogP contribution in [0.2, 0.25) is 5.02 Å². The van der Waals surface area contributed by atoms with Crippen molar-refractivity contribution >= 4 is 45.6 Å². The predicted octanol–water partition coefficient (Wildman–Crippen LogP) is 5.96. The van der Waals surface area contributed by atoms with E-state index in [1.54, 1.807) is 32.2 Å². The van der Waals surface area contributed by atoms with Gasteiger partial charge in [-0.2, -0.15) is 0 Å². The Morgan fingerprint density at radius 3 is 2.50 bits per heavy atom. The summed E-state index contributed by atoms with van der Waals surface area (Å²) in [6.45, 7) is 1.75. The molecule has 1 amide bonds. The summed E-state index contributed by atoms with van der Waals surface area (Å²) in [7, 11) is 1.62. The number of benzene rings is 4. The Hall–Kier alpha value is -4.16. The van der Waals surface area contributed by atoms with Crippen LogP contribution in [0.25, 0.3) is 10.8 Å². The molecular weight excluding hydrogens is 476 g/mol. The number of hydrogen-bond donors (Lipinski definition) is 1. The number of anilines is 1. The third kappa shape index (κ3) is 4.68. The Morgan fingerprint density at radius 1 is 0.972 bits per heavy atom. The fourth-order valence-electron chi connectivity index (χ4n) is 4.15. The van der Waals surface area contributed by atoms with Crippen LogP contribution in [0.1, 0.15) is 29.5 Å². The number of benzodiazepines with no additional fused rings is 1. The lowest BCUT2D eigenvalue weighted by Gasteiger charge is -2.17. The molecule has 36 heavy (non-hydrogen) atoms. The summed E-state index contributed by atoms with van der Waals surface area (Å²) in [5.74, 6) is -0.935. The van der Waals surface area contributed by atoms with Gasteiger partial charge in [0.2, 0.25) is 0 Å². The number of amides is 1. The second-order valence-electron chi connectivity index (χ2n) is 8.51. The molecule has 0 spiro atoms. The number of halogens is 1. The maximum atomic E-state index is 13.2. The summed E-state index contributed by atoms with van der Waals surface area (Å²) >= 11 is 6.25. The summed E-state index contributed by atoms with van der Waals surface area (Å²) in [5.41, 5.74) is 3.25. The molecule has 2 unspecified atom stereocenters. The molecule has 1 N–H and O–H groups in total. The normalized spacial score (nSPS) is 15.8. The van der Waals surface area contributed by atoms with Gasteiger partial charge in [0.1, 0.15) is 5.75 Å². The number of nitrogens with one attached hydrogen (secondary N) is 1. The van der Waals surface area contributed by atoms with Crippen LogP contribution >= 0.6 is 11.6 Å². The third-order valence-electron chi connectivity index (χ3n) is 6.17. The molecule has 4 aromatic carbocycles. The van der Waals surface area contributed by atoms with E-state index < -0.39 is 24.0 Å². The van der Waals surface area contributed by atoms with Crippen molar-refractivity contribution in [1.29, 1.82) is 0 Å². The first-order valence-electron chi connectivity index (χ1n) is 11.4. The minimum Gasteiger partial charge on any atom is -0.497 e. The summed E-state index contributed by atoms with van der Waals surface area (Å²) in [4.78, 5) is 30.8. The molecule has 0 saturated heterocycles. The molecule has 180 valence electrons. The van der Waals surface area contributed by atoms with Crippen molar-refractivity contribution in [2.24, 2.45) is 4.99 Å². The maximum Gasteiger partial charge on any atom is 0.315 e. The minimum absolute atomic E-state index is 0.504. The van der Waals surface area contributed by atoms with E-state index in [1.165, 1.54) is 0 Å². The Bertz CT molecular complexity index is 1500. The van der Waals surface area contributed by atoms with Gasteiger partial charge >= 0.3 is 5.97 Å². The summed E-state index contributed by atoms with van der Waals surface area (Å²) in [6, 6.07) is 26.0. The molecule has 0 aliphatic carbocycles. The zero-order chi connectivity index (χ0) is 25.2. The van der Waals surface area contributed by atoms with Gasteiger partial charge in [-0.3, -0.25) is 9.59 Å². The maximum absolute atomic E-state index is 13.2. The van der Waals surface area contributed by atoms with E-state index in [2.05, 4.69) is 10.3 Å². The van der Waals surface area contributed by atoms with E-state index in [-0.39, 0.29) is 0 Å². The number of carbonyl (C=O) groups is 2. The zero-order valence-electron chi connectivity index (χ0n) is 19.7. The highest BCUT2D eigenvalue weighted by Crippen LogP contribution is 2.29. The Labute approximate surface area is 213 Å². The largest absolute Gasteiger partial charge is 0.497 e. The highest BCUT2D eigenvalue weighted by atomic mass is 35.5. The van der Waals surface area contributed by atoms with Gasteiger partial charge in [-0.25, -0.2) is 4.99 Å². The predicted molar refractivity (Wildman–Crippen MR) is 141 cm³/mol. The lowest BCUT2D eigenvalue weighted by atomic mass is 9.98. The van der Waals surface area contributed by atoms with E-state index in [4.69, 9.17) is 21.1 Å². The van der Waals surface area contributed by atoms with Gasteiger partial charge in [-0.1, -0.05) is 66.2 Å². The molecule has 0 bridgehead atoms. The minimum atomic E-state index is -1.36. The lowest BCUT2D eigenvalue weighted by molar-refractivity contribution is -0.154. The van der Waals surface area contributed by atoms with E-state index in [1.807, 2.05) is 66.7 Å². The van der Waals surface area contributed by atoms with Gasteiger partial charge in [-0.05, 0) is 53.6 Å². The molecule has 0 radical (unpaired) electrons. The average molecular weight is 499 g/mol. The molecule has 4 aromatic rings. The van der Waals surface area contributed by atoms with Crippen LogP contribution in [0.4, 0.5) is 5.69 Å². The number of ether oxygens (including phenoxy) is 2. The Morgan fingerprint density at radius 2 is 1.72 bits per heavy atom. The first-order chi connectivity index (χ1) is 17.4. The number of rotatable bonds is 5. The van der Waals surface area contributed by atoms with E-state index in [0.717, 1.165) is 27.6 Å². The highest BCUT2D eigenvalue weighted by molar-refractivity contribution is 6.32. The van der Waals surface area contributed by atoms with E-state index in [0.29, 0.717) is 22.0 Å². The number of aliphatic imine (C=N–C) groups is 1. The fraction of sp³-hybridized carbons (Fsp3) is 0.138. The number of esters is 1. The summed E-state index contributed by atoms with van der Waals surface area (Å²) in [5, 5.41) is 5.29. The van der Waals surface area contributed by atoms with Gasteiger partial charge in [0, 0.05) is 16.1 Å². The quantitative estimate of drug-likeness (QED) is 0.344. The Kier molecular flexibility index (Phi) is 6.44. The van der Waals surface area contributed by atoms with Crippen LogP contribution in [-0.2, 0) is 14.3 Å². The first kappa shape index (κ1) is 23.6. The number of fused-ring (bicyclic) bond motifs is 2. The standard InChI is InChI=1S/C29H23ClN2O4/c1-17(19-8-9-21-15-23(35-2)12-10-20(21)14-19)29(34)36-28-27(33)31-25-13-11-22(30)16-24(25)26(32-28)18-6-4-3-5-7-18/h3-17,28H,1-2H3,(H,31,33). The van der Waals surface area contributed by atoms with Crippen molar-refractivity contribution in [3.05, 3.63) is 107 Å². The molecule has 7 heteroatoms. The lowest BCUT2D eigenvalue weighted by Crippen LogP contribution is -2.32. The van der Waals surface area contributed by atoms with E-state index >= 15 is 0 Å². The summed E-state index contributed by atoms with van der Waals surface area (Å²) < 4.78 is 11.0. The van der Waals surface area contributed by atoms with Crippen molar-refractivity contribution in [2.45, 2.75) is 19.1 Å². The molecule has 5 rings (SSSR count). The van der Waals surface area contributed by atoms with Crippen molar-refractivity contribution in [1.82, 2.24) is 0 Å². The van der Waals surface area contributed by atoms with Crippen molar-refractivity contribution in [2.75, 3.05) is 12.4 Å². The van der Waals surface area contributed by atoms with Gasteiger partial charge < -0.3 is 14.8 Å². The van der Waals surface area contributed by atoms with Crippen LogP contribution in [0, 0.1) is 0 Å². The molecule has 2 atom stereocenters. The third-order valence-corrected chi connectivity index (χ3v) is 6.40. The highest BCUT2D eigenvalue weighted by Gasteiger charge is 2.31. The molecular formula is C29H23ClN2O4. The van der Waals surface area contributed by atoms with Crippen LogP contribution in [0.3, 0.4) is 0 Å². The molecule has 1 heterocycles. The number of carbonyl (C=O) groups excluding carboxylic acids is 2. The Balaban J connectivity index is 1.45. The molecule has 0 aromatic heterocycles. The van der Waals surface area contributed by atoms with Crippen molar-refractivity contribution < 1.29 is 19.1 Å². The number of methoxy groups -OCH3 is 1. The smallest absolute Gasteiger partial charge is 0.315 e. The molecule has 1 aliphatic heterocycles. The van der Waals surface area contributed by atoms with Crippen LogP contribution in [0.15, 0.2) is 89.9 Å². The topological polar surface area (TPSA) is 77.0 Å². The molecule has 1 aliphatic rings. The van der Waals surface area contributed by atoms with Gasteiger partial charge in [0.25, 0.3) is 12.1 Å². The van der Waals surface area contributed by atoms with Crippen LogP contribution in [-0.4, -0.2) is 30.9 Å². The van der Waals surface area contributed by atoms with Crippen LogP contribution < -0.4 is 10.1 Å². The second-order valence-corrected chi connectivity index (χ2v) is 8.94. The first-order valence-corrected chi connectivity index (χ1v) is 11.8. The van der Waals surface area contributed by atoms with Crippen molar-refractivity contribution in [3.8, 4) is 5.75 Å². The van der Waals surface area contributed by atoms with Gasteiger partial charge in [0.15, 0.2) is 0 Å².